The van der Waals surface area contributed by atoms with Crippen molar-refractivity contribution in [1.29, 1.82) is 5.26 Å². The zero-order valence-electron chi connectivity index (χ0n) is 28.6. The summed E-state index contributed by atoms with van der Waals surface area (Å²) in [5.41, 5.74) is 0.292. The number of nitriles is 1. The fourth-order valence-electron chi connectivity index (χ4n) is 7.62. The van der Waals surface area contributed by atoms with Crippen LogP contribution in [0.5, 0.6) is 0 Å². The van der Waals surface area contributed by atoms with Crippen molar-refractivity contribution in [2.24, 2.45) is 35.5 Å². The lowest BCUT2D eigenvalue weighted by Crippen LogP contribution is -2.48. The van der Waals surface area contributed by atoms with Crippen molar-refractivity contribution >= 4 is 17.8 Å². The van der Waals surface area contributed by atoms with Gasteiger partial charge in [0.1, 0.15) is 12.7 Å². The Morgan fingerprint density at radius 1 is 1.02 bits per heavy atom. The number of amides is 1. The minimum absolute atomic E-state index is 0.0745. The second kappa shape index (κ2) is 18.6. The summed E-state index contributed by atoms with van der Waals surface area (Å²) in [5.74, 6) is -0.869. The van der Waals surface area contributed by atoms with E-state index in [0.29, 0.717) is 56.3 Å². The molecule has 0 radical (unpaired) electrons. The first-order valence-electron chi connectivity index (χ1n) is 17.4. The molecule has 2 N–H and O–H groups in total. The summed E-state index contributed by atoms with van der Waals surface area (Å²) in [5, 5.41) is 31.6. The molecule has 46 heavy (non-hydrogen) atoms. The molecule has 1 amide bonds. The summed E-state index contributed by atoms with van der Waals surface area (Å²) >= 11 is 0. The third kappa shape index (κ3) is 11.5. The highest BCUT2D eigenvalue weighted by molar-refractivity contribution is 5.74. The first-order chi connectivity index (χ1) is 21.9. The standard InChI is InChI=1S/C36H57N3O7/c1-24-19-25(2)21-27(4)35(43)29(23-37)9-6-7-12-33(46-34(42)22-32(41)26(3)20-24)30-10-8-11-31(30)36(44)45-18-17-38-13-15-39(16-14-38)28(5)40/h6-7,9,24-27,30-33,35,41,43H,8,10-22H2,1-5H3/b7-6+,29-9-/t24-,25+,26-,27-,30+,31+,32-,33-,35+/m0/s1. The van der Waals surface area contributed by atoms with Gasteiger partial charge in [0.2, 0.25) is 5.91 Å². The Labute approximate surface area is 275 Å². The van der Waals surface area contributed by atoms with E-state index in [1.165, 1.54) is 0 Å². The molecule has 9 atom stereocenters. The Kier molecular flexibility index (Phi) is 15.2. The molecule has 1 saturated carbocycles. The Morgan fingerprint density at radius 2 is 1.70 bits per heavy atom. The number of rotatable bonds is 5. The van der Waals surface area contributed by atoms with Crippen molar-refractivity contribution in [2.45, 2.75) is 104 Å². The number of carbonyl (C=O) groups is 3. The van der Waals surface area contributed by atoms with Crippen molar-refractivity contribution in [3.8, 4) is 6.07 Å². The molecule has 3 rings (SSSR count). The van der Waals surface area contributed by atoms with E-state index in [1.54, 1.807) is 19.1 Å². The lowest BCUT2D eigenvalue weighted by Gasteiger charge is -2.34. The van der Waals surface area contributed by atoms with Gasteiger partial charge in [-0.1, -0.05) is 46.3 Å². The quantitative estimate of drug-likeness (QED) is 0.421. The summed E-state index contributed by atoms with van der Waals surface area (Å²) in [4.78, 5) is 42.0. The Morgan fingerprint density at radius 3 is 2.35 bits per heavy atom. The average molecular weight is 644 g/mol. The Hall–Kier alpha value is -2.74. The van der Waals surface area contributed by atoms with Gasteiger partial charge in [0.05, 0.1) is 36.2 Å². The summed E-state index contributed by atoms with van der Waals surface area (Å²) in [6, 6.07) is 2.15. The topological polar surface area (TPSA) is 140 Å². The van der Waals surface area contributed by atoms with E-state index < -0.39 is 30.2 Å². The maximum atomic E-state index is 13.3. The normalized spacial score (nSPS) is 36.3. The number of aliphatic hydroxyl groups excluding tert-OH is 2. The molecule has 0 aromatic carbocycles. The predicted octanol–water partition coefficient (Wildman–Crippen LogP) is 4.26. The van der Waals surface area contributed by atoms with Gasteiger partial charge >= 0.3 is 11.9 Å². The molecule has 10 heteroatoms. The fourth-order valence-corrected chi connectivity index (χ4v) is 7.62. The van der Waals surface area contributed by atoms with E-state index in [4.69, 9.17) is 9.47 Å². The number of nitrogens with zero attached hydrogens (tertiary/aromatic N) is 3. The van der Waals surface area contributed by atoms with E-state index in [0.717, 1.165) is 38.8 Å². The van der Waals surface area contributed by atoms with E-state index in [2.05, 4.69) is 24.8 Å². The summed E-state index contributed by atoms with van der Waals surface area (Å²) < 4.78 is 11.7. The molecule has 0 aromatic rings. The van der Waals surface area contributed by atoms with Gasteiger partial charge in [-0.2, -0.15) is 5.26 Å². The molecular weight excluding hydrogens is 586 g/mol. The van der Waals surface area contributed by atoms with E-state index in [1.807, 2.05) is 24.8 Å². The number of aliphatic hydroxyl groups is 2. The molecule has 2 heterocycles. The van der Waals surface area contributed by atoms with Gasteiger partial charge < -0.3 is 24.6 Å². The van der Waals surface area contributed by atoms with Gasteiger partial charge in [0.15, 0.2) is 0 Å². The fraction of sp³-hybridized carbons (Fsp3) is 0.778. The molecule has 10 nitrogen and oxygen atoms in total. The van der Waals surface area contributed by atoms with Gasteiger partial charge in [0, 0.05) is 52.0 Å². The van der Waals surface area contributed by atoms with Crippen LogP contribution in [0, 0.1) is 46.8 Å². The van der Waals surface area contributed by atoms with E-state index >= 15 is 0 Å². The largest absolute Gasteiger partial charge is 0.464 e. The van der Waals surface area contributed by atoms with Crippen molar-refractivity contribution in [3.05, 3.63) is 23.8 Å². The van der Waals surface area contributed by atoms with Gasteiger partial charge in [-0.05, 0) is 61.9 Å². The van der Waals surface area contributed by atoms with Crippen molar-refractivity contribution in [1.82, 2.24) is 9.80 Å². The number of carbonyl (C=O) groups excluding carboxylic acids is 3. The van der Waals surface area contributed by atoms with Gasteiger partial charge in [0.25, 0.3) is 0 Å². The molecule has 2 aliphatic heterocycles. The molecular formula is C36H57N3O7. The third-order valence-electron chi connectivity index (χ3n) is 10.3. The van der Waals surface area contributed by atoms with E-state index in [-0.39, 0.29) is 42.7 Å². The Bertz CT molecular complexity index is 1110. The first kappa shape index (κ1) is 37.7. The number of ether oxygens (including phenoxy) is 2. The molecule has 1 aliphatic carbocycles. The molecule has 0 spiro atoms. The van der Waals surface area contributed by atoms with Crippen LogP contribution in [0.4, 0.5) is 0 Å². The van der Waals surface area contributed by atoms with Crippen LogP contribution >= 0.6 is 0 Å². The summed E-state index contributed by atoms with van der Waals surface area (Å²) in [7, 11) is 0. The summed E-state index contributed by atoms with van der Waals surface area (Å²) in [6.07, 6.45) is 7.71. The maximum Gasteiger partial charge on any atom is 0.309 e. The zero-order chi connectivity index (χ0) is 33.8. The van der Waals surface area contributed by atoms with Gasteiger partial charge in [-0.15, -0.1) is 0 Å². The molecule has 3 aliphatic rings. The molecule has 0 unspecified atom stereocenters. The Balaban J connectivity index is 1.71. The minimum atomic E-state index is -0.882. The van der Waals surface area contributed by atoms with Crippen LogP contribution in [0.15, 0.2) is 23.8 Å². The number of allylic oxidation sites excluding steroid dienone is 2. The number of hydrogen-bond acceptors (Lipinski definition) is 9. The van der Waals surface area contributed by atoms with Gasteiger partial charge in [-0.25, -0.2) is 0 Å². The molecule has 1 saturated heterocycles. The van der Waals surface area contributed by atoms with Crippen LogP contribution in [0.2, 0.25) is 0 Å². The zero-order valence-corrected chi connectivity index (χ0v) is 28.6. The third-order valence-corrected chi connectivity index (χ3v) is 10.3. The molecule has 0 bridgehead atoms. The first-order valence-corrected chi connectivity index (χ1v) is 17.4. The highest BCUT2D eigenvalue weighted by Crippen LogP contribution is 2.38. The van der Waals surface area contributed by atoms with Crippen LogP contribution in [0.25, 0.3) is 0 Å². The van der Waals surface area contributed by atoms with Crippen LogP contribution in [0.1, 0.15) is 86.0 Å². The lowest BCUT2D eigenvalue weighted by molar-refractivity contribution is -0.161. The van der Waals surface area contributed by atoms with E-state index in [9.17, 15) is 29.9 Å². The van der Waals surface area contributed by atoms with Crippen LogP contribution in [-0.4, -0.2) is 95.5 Å². The monoisotopic (exact) mass is 643 g/mol. The van der Waals surface area contributed by atoms with Crippen LogP contribution in [0.3, 0.4) is 0 Å². The average Bonchev–Trinajstić information content (AvgIpc) is 3.50. The van der Waals surface area contributed by atoms with Gasteiger partial charge in [-0.3, -0.25) is 19.3 Å². The minimum Gasteiger partial charge on any atom is -0.464 e. The SMILES string of the molecule is CC(=O)N1CCN(CCOC(=O)[C@@H]2CCC[C@H]2[C@@H]2C/C=C/C=C(/C#N)[C@H](O)[C@@H](C)C[C@H](C)C[C@H](C)C[C@H](C)[C@@H](O)CC(=O)O2)CC1. The van der Waals surface area contributed by atoms with Crippen molar-refractivity contribution in [2.75, 3.05) is 39.3 Å². The second-order valence-corrected chi connectivity index (χ2v) is 14.2. The smallest absolute Gasteiger partial charge is 0.309 e. The van der Waals surface area contributed by atoms with Crippen molar-refractivity contribution < 1.29 is 34.1 Å². The van der Waals surface area contributed by atoms with Crippen LogP contribution in [-0.2, 0) is 23.9 Å². The highest BCUT2D eigenvalue weighted by atomic mass is 16.5. The number of piperazine rings is 1. The molecule has 0 aromatic heterocycles. The molecule has 2 fully saturated rings. The number of esters is 2. The second-order valence-electron chi connectivity index (χ2n) is 14.2. The predicted molar refractivity (Wildman–Crippen MR) is 175 cm³/mol. The summed E-state index contributed by atoms with van der Waals surface area (Å²) in [6.45, 7) is 13.5. The maximum absolute atomic E-state index is 13.3. The van der Waals surface area contributed by atoms with Crippen molar-refractivity contribution in [3.63, 3.8) is 0 Å². The van der Waals surface area contributed by atoms with Crippen LogP contribution < -0.4 is 0 Å². The molecule has 258 valence electrons. The number of cyclic esters (lactones) is 1. The highest BCUT2D eigenvalue weighted by Gasteiger charge is 2.41. The number of hydrogen-bond donors (Lipinski definition) is 2. The lowest BCUT2D eigenvalue weighted by atomic mass is 9.82.